The lowest BCUT2D eigenvalue weighted by Gasteiger charge is -2.03. The Kier molecular flexibility index (Phi) is 4.28. The summed E-state index contributed by atoms with van der Waals surface area (Å²) in [5.74, 6) is 0.807. The highest BCUT2D eigenvalue weighted by atomic mass is 35.5. The molecule has 0 aromatic carbocycles. The molecule has 1 unspecified atom stereocenters. The molecule has 1 heterocycles. The number of aromatic amines is 1. The van der Waals surface area contributed by atoms with Gasteiger partial charge in [0.15, 0.2) is 0 Å². The first kappa shape index (κ1) is 12.2. The fraction of sp³-hybridized carbons (Fsp3) is 0.500. The van der Waals surface area contributed by atoms with Crippen LogP contribution in [0.5, 0.6) is 0 Å². The summed E-state index contributed by atoms with van der Waals surface area (Å²) in [4.78, 5) is 24.9. The number of nitrogens with zero attached hydrogens (tertiary/aromatic N) is 1. The monoisotopic (exact) mass is 250 g/mol. The Hall–Kier alpha value is -0.880. The minimum Gasteiger partial charge on any atom is -0.298 e. The molecule has 0 aliphatic heterocycles. The molecule has 0 radical (unpaired) electrons. The molecule has 15 heavy (non-hydrogen) atoms. The van der Waals surface area contributed by atoms with Crippen molar-refractivity contribution in [2.45, 2.75) is 13.5 Å². The van der Waals surface area contributed by atoms with Crippen LogP contribution in [-0.4, -0.2) is 25.3 Å². The van der Waals surface area contributed by atoms with Crippen molar-refractivity contribution in [1.82, 2.24) is 9.55 Å². The summed E-state index contributed by atoms with van der Waals surface area (Å²) in [6.07, 6.45) is 0. The highest BCUT2D eigenvalue weighted by Gasteiger charge is 2.04. The van der Waals surface area contributed by atoms with E-state index in [0.717, 1.165) is 10.6 Å². The molecule has 1 N–H and O–H groups in total. The van der Waals surface area contributed by atoms with E-state index in [1.165, 1.54) is 0 Å². The highest BCUT2D eigenvalue weighted by Crippen LogP contribution is 1.93. The smallest absolute Gasteiger partial charge is 0.298 e. The summed E-state index contributed by atoms with van der Waals surface area (Å²) in [7, 11) is -0.995. The average molecular weight is 251 g/mol. The van der Waals surface area contributed by atoms with Gasteiger partial charge in [0.05, 0.1) is 0 Å². The Morgan fingerprint density at radius 3 is 2.73 bits per heavy atom. The van der Waals surface area contributed by atoms with Gasteiger partial charge in [0.25, 0.3) is 5.56 Å². The van der Waals surface area contributed by atoms with E-state index in [4.69, 9.17) is 11.6 Å². The lowest BCUT2D eigenvalue weighted by molar-refractivity contribution is 0.653. The van der Waals surface area contributed by atoms with Crippen LogP contribution in [0.4, 0.5) is 0 Å². The van der Waals surface area contributed by atoms with Crippen molar-refractivity contribution in [3.05, 3.63) is 32.1 Å². The standard InChI is InChI=1S/C8H11ClN2O3S/c1-2-15(14)4-3-11-7(12)5-6(9)10-8(11)13/h5H,2-4H2,1H3,(H,10,13). The van der Waals surface area contributed by atoms with E-state index >= 15 is 0 Å². The van der Waals surface area contributed by atoms with Gasteiger partial charge in [0.1, 0.15) is 5.15 Å². The molecular weight excluding hydrogens is 240 g/mol. The molecule has 0 spiro atoms. The van der Waals surface area contributed by atoms with Crippen molar-refractivity contribution in [2.24, 2.45) is 0 Å². The van der Waals surface area contributed by atoms with Crippen molar-refractivity contribution >= 4 is 22.4 Å². The second-order valence-electron chi connectivity index (χ2n) is 2.84. The number of nitrogens with one attached hydrogen (secondary N) is 1. The van der Waals surface area contributed by atoms with Gasteiger partial charge in [-0.1, -0.05) is 18.5 Å². The first-order valence-electron chi connectivity index (χ1n) is 4.39. The largest absolute Gasteiger partial charge is 0.329 e. The van der Waals surface area contributed by atoms with E-state index < -0.39 is 22.0 Å². The molecule has 5 nitrogen and oxygen atoms in total. The summed E-state index contributed by atoms with van der Waals surface area (Å²) >= 11 is 5.48. The van der Waals surface area contributed by atoms with Gasteiger partial charge in [0, 0.05) is 34.9 Å². The van der Waals surface area contributed by atoms with Crippen molar-refractivity contribution < 1.29 is 4.21 Å². The molecular formula is C8H11ClN2O3S. The van der Waals surface area contributed by atoms with Crippen LogP contribution >= 0.6 is 11.6 Å². The Morgan fingerprint density at radius 1 is 1.53 bits per heavy atom. The average Bonchev–Trinajstić information content (AvgIpc) is 2.15. The number of hydrogen-bond donors (Lipinski definition) is 1. The molecule has 84 valence electrons. The summed E-state index contributed by atoms with van der Waals surface area (Å²) in [5, 5.41) is 0.0119. The molecule has 1 aromatic heterocycles. The third-order valence-electron chi connectivity index (χ3n) is 1.85. The van der Waals surface area contributed by atoms with Crippen molar-refractivity contribution in [3.63, 3.8) is 0 Å². The van der Waals surface area contributed by atoms with Crippen LogP contribution in [0.15, 0.2) is 15.7 Å². The Labute approximate surface area is 93.5 Å². The number of H-pyrrole nitrogens is 1. The molecule has 0 fully saturated rings. The molecule has 0 saturated heterocycles. The molecule has 0 aliphatic carbocycles. The van der Waals surface area contributed by atoms with Gasteiger partial charge in [-0.15, -0.1) is 0 Å². The SMILES string of the molecule is CCS(=O)CCn1c(=O)cc(Cl)[nH]c1=O. The highest BCUT2D eigenvalue weighted by molar-refractivity contribution is 7.84. The Balaban J connectivity index is 2.91. The predicted molar refractivity (Wildman–Crippen MR) is 59.9 cm³/mol. The zero-order valence-corrected chi connectivity index (χ0v) is 9.73. The van der Waals surface area contributed by atoms with Crippen LogP contribution in [0, 0.1) is 0 Å². The lowest BCUT2D eigenvalue weighted by Crippen LogP contribution is -2.36. The normalized spacial score (nSPS) is 12.7. The van der Waals surface area contributed by atoms with E-state index in [9.17, 15) is 13.8 Å². The fourth-order valence-electron chi connectivity index (χ4n) is 1.04. The minimum absolute atomic E-state index is 0.0119. The summed E-state index contributed by atoms with van der Waals surface area (Å²) < 4.78 is 12.1. The van der Waals surface area contributed by atoms with Crippen LogP contribution in [0.3, 0.4) is 0 Å². The van der Waals surface area contributed by atoms with Gasteiger partial charge in [-0.05, 0) is 0 Å². The molecule has 1 atom stereocenters. The molecule has 7 heteroatoms. The zero-order chi connectivity index (χ0) is 11.4. The molecule has 0 amide bonds. The van der Waals surface area contributed by atoms with Gasteiger partial charge < -0.3 is 0 Å². The van der Waals surface area contributed by atoms with Crippen LogP contribution in [0.2, 0.25) is 5.15 Å². The van der Waals surface area contributed by atoms with Crippen LogP contribution in [-0.2, 0) is 17.3 Å². The van der Waals surface area contributed by atoms with Crippen LogP contribution in [0.25, 0.3) is 0 Å². The fourth-order valence-corrected chi connectivity index (χ4v) is 1.89. The van der Waals surface area contributed by atoms with Gasteiger partial charge in [0.2, 0.25) is 0 Å². The zero-order valence-electron chi connectivity index (χ0n) is 8.16. The number of hydrogen-bond acceptors (Lipinski definition) is 3. The first-order valence-corrected chi connectivity index (χ1v) is 6.26. The third-order valence-corrected chi connectivity index (χ3v) is 3.34. The van der Waals surface area contributed by atoms with E-state index in [-0.39, 0.29) is 11.7 Å². The first-order chi connectivity index (χ1) is 7.04. The van der Waals surface area contributed by atoms with Gasteiger partial charge in [-0.3, -0.25) is 18.6 Å². The Bertz CT molecular complexity index is 448. The number of rotatable bonds is 4. The van der Waals surface area contributed by atoms with Gasteiger partial charge >= 0.3 is 5.69 Å². The van der Waals surface area contributed by atoms with E-state index in [0.29, 0.717) is 11.5 Å². The van der Waals surface area contributed by atoms with E-state index in [1.807, 2.05) is 0 Å². The number of aromatic nitrogens is 2. The van der Waals surface area contributed by atoms with E-state index in [1.54, 1.807) is 6.92 Å². The summed E-state index contributed by atoms with van der Waals surface area (Å²) in [6, 6.07) is 1.12. The topological polar surface area (TPSA) is 71.9 Å². The lowest BCUT2D eigenvalue weighted by atomic mass is 10.6. The molecule has 1 rings (SSSR count). The molecule has 0 aliphatic rings. The van der Waals surface area contributed by atoms with E-state index in [2.05, 4.69) is 4.98 Å². The van der Waals surface area contributed by atoms with Crippen molar-refractivity contribution in [3.8, 4) is 0 Å². The predicted octanol–water partition coefficient (Wildman–Crippen LogP) is -0.0414. The third kappa shape index (κ3) is 3.32. The summed E-state index contributed by atoms with van der Waals surface area (Å²) in [5.41, 5.74) is -1.04. The van der Waals surface area contributed by atoms with Gasteiger partial charge in [-0.25, -0.2) is 4.79 Å². The summed E-state index contributed by atoms with van der Waals surface area (Å²) in [6.45, 7) is 1.93. The van der Waals surface area contributed by atoms with Crippen LogP contribution in [0.1, 0.15) is 6.92 Å². The molecule has 1 aromatic rings. The van der Waals surface area contributed by atoms with Crippen molar-refractivity contribution in [2.75, 3.05) is 11.5 Å². The Morgan fingerprint density at radius 2 is 2.20 bits per heavy atom. The number of halogens is 1. The van der Waals surface area contributed by atoms with Crippen LogP contribution < -0.4 is 11.2 Å². The maximum absolute atomic E-state index is 11.3. The second-order valence-corrected chi connectivity index (χ2v) is 5.12. The molecule has 0 saturated carbocycles. The molecule has 0 bridgehead atoms. The maximum Gasteiger partial charge on any atom is 0.329 e. The second kappa shape index (κ2) is 5.27. The quantitative estimate of drug-likeness (QED) is 0.762. The minimum atomic E-state index is -0.995. The maximum atomic E-state index is 11.3. The van der Waals surface area contributed by atoms with Crippen molar-refractivity contribution in [1.29, 1.82) is 0 Å². The van der Waals surface area contributed by atoms with Gasteiger partial charge in [-0.2, -0.15) is 0 Å².